The molecule has 0 N–H and O–H groups in total. The summed E-state index contributed by atoms with van der Waals surface area (Å²) < 4.78 is 6.50. The molecule has 2 aromatic heterocycles. The van der Waals surface area contributed by atoms with Gasteiger partial charge in [0, 0.05) is 11.1 Å². The Morgan fingerprint density at radius 1 is 1.22 bits per heavy atom. The van der Waals surface area contributed by atoms with Crippen LogP contribution in [0.5, 0.6) is 5.75 Å². The van der Waals surface area contributed by atoms with Gasteiger partial charge in [0.2, 0.25) is 0 Å². The third kappa shape index (κ3) is 3.96. The molecule has 0 aliphatic rings. The number of aromatic nitrogens is 2. The molecule has 3 aromatic rings. The molecular weight excluding hydrogens is 308 g/mol. The van der Waals surface area contributed by atoms with Crippen molar-refractivity contribution in [1.82, 2.24) is 9.78 Å². The molecule has 5 heteroatoms. The van der Waals surface area contributed by atoms with E-state index in [1.165, 1.54) is 4.68 Å². The molecule has 0 atom stereocenters. The Morgan fingerprint density at radius 3 is 2.74 bits per heavy atom. The molecule has 0 fully saturated rings. The van der Waals surface area contributed by atoms with Crippen LogP contribution in [0.3, 0.4) is 0 Å². The van der Waals surface area contributed by atoms with Gasteiger partial charge in [-0.05, 0) is 47.4 Å². The SMILES string of the molecule is COc1ccc(CC(=O)n2ccc(/C=C/c3cccs3)n2)cc1. The fourth-order valence-corrected chi connectivity index (χ4v) is 2.74. The van der Waals surface area contributed by atoms with Crippen molar-refractivity contribution in [3.05, 3.63) is 70.2 Å². The van der Waals surface area contributed by atoms with Gasteiger partial charge in [-0.3, -0.25) is 4.79 Å². The van der Waals surface area contributed by atoms with Gasteiger partial charge < -0.3 is 4.74 Å². The zero-order valence-corrected chi connectivity index (χ0v) is 13.5. The number of methoxy groups -OCH3 is 1. The van der Waals surface area contributed by atoms with Crippen LogP contribution < -0.4 is 4.74 Å². The van der Waals surface area contributed by atoms with E-state index in [0.29, 0.717) is 6.42 Å². The van der Waals surface area contributed by atoms with E-state index < -0.39 is 0 Å². The molecule has 4 nitrogen and oxygen atoms in total. The quantitative estimate of drug-likeness (QED) is 0.712. The number of hydrogen-bond acceptors (Lipinski definition) is 4. The summed E-state index contributed by atoms with van der Waals surface area (Å²) in [4.78, 5) is 13.4. The highest BCUT2D eigenvalue weighted by molar-refractivity contribution is 7.10. The topological polar surface area (TPSA) is 44.1 Å². The maximum Gasteiger partial charge on any atom is 0.251 e. The highest BCUT2D eigenvalue weighted by atomic mass is 32.1. The van der Waals surface area contributed by atoms with Crippen LogP contribution in [-0.2, 0) is 6.42 Å². The van der Waals surface area contributed by atoms with Crippen molar-refractivity contribution in [1.29, 1.82) is 0 Å². The number of thiophene rings is 1. The highest BCUT2D eigenvalue weighted by Gasteiger charge is 2.08. The standard InChI is InChI=1S/C18H16N2O2S/c1-22-16-7-4-14(5-8-16)13-18(21)20-11-10-15(19-20)6-9-17-3-2-12-23-17/h2-12H,13H2,1H3/b9-6+. The van der Waals surface area contributed by atoms with Crippen LogP contribution in [0.25, 0.3) is 12.2 Å². The molecule has 1 aromatic carbocycles. The van der Waals surface area contributed by atoms with E-state index in [-0.39, 0.29) is 5.91 Å². The predicted molar refractivity (Wildman–Crippen MR) is 92.8 cm³/mol. The molecule has 0 saturated heterocycles. The van der Waals surface area contributed by atoms with Gasteiger partial charge in [0.15, 0.2) is 0 Å². The lowest BCUT2D eigenvalue weighted by Crippen LogP contribution is -2.14. The lowest BCUT2D eigenvalue weighted by Gasteiger charge is -2.03. The fraction of sp³-hybridized carbons (Fsp3) is 0.111. The summed E-state index contributed by atoms with van der Waals surface area (Å²) >= 11 is 1.66. The third-order valence-corrected chi connectivity index (χ3v) is 4.18. The summed E-state index contributed by atoms with van der Waals surface area (Å²) in [6.45, 7) is 0. The molecule has 116 valence electrons. The summed E-state index contributed by atoms with van der Waals surface area (Å²) in [5.41, 5.74) is 1.70. The maximum atomic E-state index is 12.3. The Kier molecular flexibility index (Phi) is 4.68. The van der Waals surface area contributed by atoms with Gasteiger partial charge in [-0.25, -0.2) is 4.68 Å². The number of benzene rings is 1. The molecule has 2 heterocycles. The van der Waals surface area contributed by atoms with Gasteiger partial charge in [-0.2, -0.15) is 5.10 Å². The second-order valence-corrected chi connectivity index (χ2v) is 5.93. The minimum absolute atomic E-state index is 0.0639. The number of rotatable bonds is 5. The Morgan fingerprint density at radius 2 is 2.04 bits per heavy atom. The van der Waals surface area contributed by atoms with Crippen molar-refractivity contribution in [3.63, 3.8) is 0 Å². The predicted octanol–water partition coefficient (Wildman–Crippen LogP) is 4.01. The van der Waals surface area contributed by atoms with Crippen LogP contribution in [0, 0.1) is 0 Å². The molecular formula is C18H16N2O2S. The lowest BCUT2D eigenvalue weighted by atomic mass is 10.1. The minimum Gasteiger partial charge on any atom is -0.497 e. The van der Waals surface area contributed by atoms with Crippen molar-refractivity contribution < 1.29 is 9.53 Å². The van der Waals surface area contributed by atoms with Crippen LogP contribution in [0.2, 0.25) is 0 Å². The van der Waals surface area contributed by atoms with Gasteiger partial charge >= 0.3 is 0 Å². The van der Waals surface area contributed by atoms with Crippen molar-refractivity contribution in [2.75, 3.05) is 7.11 Å². The number of hydrogen-bond donors (Lipinski definition) is 0. The van der Waals surface area contributed by atoms with E-state index in [1.807, 2.05) is 60.0 Å². The number of carbonyl (C=O) groups excluding carboxylic acids is 1. The zero-order valence-electron chi connectivity index (χ0n) is 12.7. The smallest absolute Gasteiger partial charge is 0.251 e. The summed E-state index contributed by atoms with van der Waals surface area (Å²) in [6, 6.07) is 13.3. The first-order valence-corrected chi connectivity index (χ1v) is 8.06. The maximum absolute atomic E-state index is 12.3. The van der Waals surface area contributed by atoms with E-state index in [2.05, 4.69) is 5.10 Å². The summed E-state index contributed by atoms with van der Waals surface area (Å²) in [7, 11) is 1.62. The second-order valence-electron chi connectivity index (χ2n) is 4.95. The Hall–Kier alpha value is -2.66. The molecule has 0 saturated carbocycles. The second kappa shape index (κ2) is 7.07. The van der Waals surface area contributed by atoms with Crippen molar-refractivity contribution >= 4 is 29.4 Å². The first-order valence-electron chi connectivity index (χ1n) is 7.18. The van der Waals surface area contributed by atoms with Crippen LogP contribution >= 0.6 is 11.3 Å². The minimum atomic E-state index is -0.0639. The number of carbonyl (C=O) groups is 1. The van der Waals surface area contributed by atoms with E-state index in [1.54, 1.807) is 24.6 Å². The van der Waals surface area contributed by atoms with Gasteiger partial charge in [0.25, 0.3) is 5.91 Å². The summed E-state index contributed by atoms with van der Waals surface area (Å²) in [5.74, 6) is 0.715. The Bertz CT molecular complexity index is 802. The van der Waals surface area contributed by atoms with Crippen LogP contribution in [0.15, 0.2) is 54.0 Å². The van der Waals surface area contributed by atoms with Crippen molar-refractivity contribution in [2.24, 2.45) is 0 Å². The van der Waals surface area contributed by atoms with Gasteiger partial charge in [0.05, 0.1) is 19.2 Å². The van der Waals surface area contributed by atoms with Crippen LogP contribution in [0.1, 0.15) is 20.9 Å². The van der Waals surface area contributed by atoms with E-state index in [0.717, 1.165) is 21.9 Å². The summed E-state index contributed by atoms with van der Waals surface area (Å²) in [6.07, 6.45) is 5.90. The van der Waals surface area contributed by atoms with Crippen molar-refractivity contribution in [3.8, 4) is 5.75 Å². The van der Waals surface area contributed by atoms with E-state index in [9.17, 15) is 4.79 Å². The molecule has 0 bridgehead atoms. The fourth-order valence-electron chi connectivity index (χ4n) is 2.12. The third-order valence-electron chi connectivity index (χ3n) is 3.34. The van der Waals surface area contributed by atoms with Gasteiger partial charge in [-0.15, -0.1) is 11.3 Å². The largest absolute Gasteiger partial charge is 0.497 e. The zero-order chi connectivity index (χ0) is 16.1. The average molecular weight is 324 g/mol. The molecule has 0 aliphatic carbocycles. The molecule has 0 spiro atoms. The highest BCUT2D eigenvalue weighted by Crippen LogP contribution is 2.14. The van der Waals surface area contributed by atoms with Crippen molar-refractivity contribution in [2.45, 2.75) is 6.42 Å². The lowest BCUT2D eigenvalue weighted by molar-refractivity contribution is 0.0898. The number of nitrogens with zero attached hydrogens (tertiary/aromatic N) is 2. The molecule has 0 unspecified atom stereocenters. The molecule has 0 radical (unpaired) electrons. The first kappa shape index (κ1) is 15.2. The van der Waals surface area contributed by atoms with Crippen LogP contribution in [-0.4, -0.2) is 22.8 Å². The molecule has 0 aliphatic heterocycles. The monoisotopic (exact) mass is 324 g/mol. The summed E-state index contributed by atoms with van der Waals surface area (Å²) in [5, 5.41) is 6.32. The molecule has 0 amide bonds. The van der Waals surface area contributed by atoms with E-state index in [4.69, 9.17) is 4.74 Å². The van der Waals surface area contributed by atoms with Crippen LogP contribution in [0.4, 0.5) is 0 Å². The van der Waals surface area contributed by atoms with Gasteiger partial charge in [-0.1, -0.05) is 18.2 Å². The Balaban J connectivity index is 1.65. The Labute approximate surface area is 138 Å². The van der Waals surface area contributed by atoms with E-state index >= 15 is 0 Å². The first-order chi connectivity index (χ1) is 11.2. The normalized spacial score (nSPS) is 11.0. The molecule has 23 heavy (non-hydrogen) atoms. The molecule has 3 rings (SSSR count). The average Bonchev–Trinajstić information content (AvgIpc) is 3.25. The van der Waals surface area contributed by atoms with Gasteiger partial charge in [0.1, 0.15) is 5.75 Å². The number of ether oxygens (including phenoxy) is 1.